The summed E-state index contributed by atoms with van der Waals surface area (Å²) in [5, 5.41) is 3.06. The van der Waals surface area contributed by atoms with Gasteiger partial charge in [0.2, 0.25) is 15.9 Å². The fraction of sp³-hybridized carbons (Fsp3) is 0.333. The van der Waals surface area contributed by atoms with Crippen molar-refractivity contribution in [1.82, 2.24) is 4.98 Å². The number of amides is 1. The number of benzene rings is 1. The van der Waals surface area contributed by atoms with Crippen LogP contribution in [-0.2, 0) is 14.8 Å². The van der Waals surface area contributed by atoms with Crippen molar-refractivity contribution in [1.29, 1.82) is 0 Å². The van der Waals surface area contributed by atoms with Gasteiger partial charge < -0.3 is 5.32 Å². The minimum Gasteiger partial charge on any atom is -0.302 e. The maximum Gasteiger partial charge on any atom is 0.233 e. The molecule has 2 N–H and O–H groups in total. The number of anilines is 2. The zero-order chi connectivity index (χ0) is 17.9. The number of sulfonamides is 1. The molecule has 0 aliphatic carbocycles. The summed E-state index contributed by atoms with van der Waals surface area (Å²) in [6.07, 6.45) is 0. The first-order valence-electron chi connectivity index (χ1n) is 7.17. The van der Waals surface area contributed by atoms with E-state index in [0.29, 0.717) is 5.13 Å². The van der Waals surface area contributed by atoms with Crippen LogP contribution in [-0.4, -0.2) is 25.1 Å². The average Bonchev–Trinajstić information content (AvgIpc) is 2.75. The Balaban J connectivity index is 1.99. The lowest BCUT2D eigenvalue weighted by Gasteiger charge is -2.13. The Labute approximate surface area is 144 Å². The molecule has 1 atom stereocenters. The molecule has 0 saturated carbocycles. The molecular weight excluding hydrogens is 353 g/mol. The number of nitrogens with zero attached hydrogens (tertiary/aromatic N) is 1. The summed E-state index contributed by atoms with van der Waals surface area (Å²) in [4.78, 5) is 17.3. The molecule has 2 rings (SSSR count). The van der Waals surface area contributed by atoms with Gasteiger partial charge in [-0.15, -0.1) is 11.3 Å². The van der Waals surface area contributed by atoms with Crippen LogP contribution < -0.4 is 10.0 Å². The SMILES string of the molecule is Cc1nc(NC(=O)C(C)CS(=O)(=O)Nc2cccc(F)c2)sc1C. The second kappa shape index (κ2) is 7.27. The lowest BCUT2D eigenvalue weighted by atomic mass is 10.2. The van der Waals surface area contributed by atoms with Gasteiger partial charge in [-0.05, 0) is 32.0 Å². The third-order valence-corrected chi connectivity index (χ3v) is 5.75. The minimum atomic E-state index is -3.79. The van der Waals surface area contributed by atoms with Gasteiger partial charge in [0.1, 0.15) is 5.82 Å². The summed E-state index contributed by atoms with van der Waals surface area (Å²) in [7, 11) is -3.79. The minimum absolute atomic E-state index is 0.119. The Hall–Kier alpha value is -2.00. The molecule has 1 aromatic heterocycles. The topological polar surface area (TPSA) is 88.2 Å². The van der Waals surface area contributed by atoms with Crippen LogP contribution in [0.2, 0.25) is 0 Å². The number of carbonyl (C=O) groups excluding carboxylic acids is 1. The summed E-state index contributed by atoms with van der Waals surface area (Å²) in [5.41, 5.74) is 0.942. The Morgan fingerprint density at radius 3 is 2.67 bits per heavy atom. The molecule has 9 heteroatoms. The van der Waals surface area contributed by atoms with Crippen molar-refractivity contribution in [2.75, 3.05) is 15.8 Å². The van der Waals surface area contributed by atoms with Crippen LogP contribution >= 0.6 is 11.3 Å². The highest BCUT2D eigenvalue weighted by molar-refractivity contribution is 7.92. The molecule has 0 bridgehead atoms. The molecular formula is C15H18FN3O3S2. The number of nitrogens with one attached hydrogen (secondary N) is 2. The molecule has 0 radical (unpaired) electrons. The first kappa shape index (κ1) is 18.3. The van der Waals surface area contributed by atoms with Crippen LogP contribution in [0.25, 0.3) is 0 Å². The van der Waals surface area contributed by atoms with E-state index in [0.717, 1.165) is 16.6 Å². The van der Waals surface area contributed by atoms with Crippen LogP contribution in [0.3, 0.4) is 0 Å². The molecule has 0 aliphatic rings. The van der Waals surface area contributed by atoms with Gasteiger partial charge in [-0.25, -0.2) is 17.8 Å². The molecule has 0 fully saturated rings. The first-order valence-corrected chi connectivity index (χ1v) is 9.64. The highest BCUT2D eigenvalue weighted by Crippen LogP contribution is 2.22. The van der Waals surface area contributed by atoms with Gasteiger partial charge in [-0.3, -0.25) is 9.52 Å². The van der Waals surface area contributed by atoms with Crippen LogP contribution in [0.4, 0.5) is 15.2 Å². The third kappa shape index (κ3) is 5.00. The van der Waals surface area contributed by atoms with E-state index in [4.69, 9.17) is 0 Å². The van der Waals surface area contributed by atoms with Crippen LogP contribution in [0.15, 0.2) is 24.3 Å². The molecule has 24 heavy (non-hydrogen) atoms. The van der Waals surface area contributed by atoms with E-state index in [-0.39, 0.29) is 5.69 Å². The maximum absolute atomic E-state index is 13.1. The molecule has 1 aromatic carbocycles. The van der Waals surface area contributed by atoms with Crippen LogP contribution in [0, 0.1) is 25.6 Å². The number of aryl methyl sites for hydroxylation is 2. The molecule has 0 aliphatic heterocycles. The number of hydrogen-bond acceptors (Lipinski definition) is 5. The van der Waals surface area contributed by atoms with E-state index in [2.05, 4.69) is 15.0 Å². The molecule has 2 aromatic rings. The van der Waals surface area contributed by atoms with E-state index in [1.807, 2.05) is 13.8 Å². The Morgan fingerprint density at radius 2 is 2.08 bits per heavy atom. The quantitative estimate of drug-likeness (QED) is 0.817. The van der Waals surface area contributed by atoms with E-state index >= 15 is 0 Å². The molecule has 1 heterocycles. The lowest BCUT2D eigenvalue weighted by molar-refractivity contribution is -0.118. The highest BCUT2D eigenvalue weighted by atomic mass is 32.2. The van der Waals surface area contributed by atoms with Crippen LogP contribution in [0.5, 0.6) is 0 Å². The molecule has 1 unspecified atom stereocenters. The second-order valence-electron chi connectivity index (χ2n) is 5.44. The molecule has 0 spiro atoms. The van der Waals surface area contributed by atoms with E-state index in [9.17, 15) is 17.6 Å². The van der Waals surface area contributed by atoms with Gasteiger partial charge in [0.15, 0.2) is 5.13 Å². The Bertz CT molecular complexity index is 830. The van der Waals surface area contributed by atoms with Crippen molar-refractivity contribution in [2.45, 2.75) is 20.8 Å². The highest BCUT2D eigenvalue weighted by Gasteiger charge is 2.22. The summed E-state index contributed by atoms with van der Waals surface area (Å²) >= 11 is 1.33. The molecule has 0 saturated heterocycles. The number of aromatic nitrogens is 1. The summed E-state index contributed by atoms with van der Waals surface area (Å²) in [6.45, 7) is 5.23. The van der Waals surface area contributed by atoms with Crippen molar-refractivity contribution in [3.05, 3.63) is 40.7 Å². The number of hydrogen-bond donors (Lipinski definition) is 2. The monoisotopic (exact) mass is 371 g/mol. The Kier molecular flexibility index (Phi) is 5.55. The number of rotatable bonds is 6. The van der Waals surface area contributed by atoms with Crippen molar-refractivity contribution < 1.29 is 17.6 Å². The van der Waals surface area contributed by atoms with Gasteiger partial charge in [0.25, 0.3) is 0 Å². The van der Waals surface area contributed by atoms with Crippen molar-refractivity contribution in [2.24, 2.45) is 5.92 Å². The Morgan fingerprint density at radius 1 is 1.38 bits per heavy atom. The molecule has 130 valence electrons. The summed E-state index contributed by atoms with van der Waals surface area (Å²) < 4.78 is 39.6. The smallest absolute Gasteiger partial charge is 0.233 e. The van der Waals surface area contributed by atoms with Gasteiger partial charge in [-0.2, -0.15) is 0 Å². The van der Waals surface area contributed by atoms with Crippen molar-refractivity contribution in [3.8, 4) is 0 Å². The molecule has 6 nitrogen and oxygen atoms in total. The van der Waals surface area contributed by atoms with E-state index in [1.54, 1.807) is 0 Å². The number of halogens is 1. The van der Waals surface area contributed by atoms with Gasteiger partial charge >= 0.3 is 0 Å². The zero-order valence-electron chi connectivity index (χ0n) is 13.5. The second-order valence-corrected chi connectivity index (χ2v) is 8.41. The standard InChI is InChI=1S/C15H18FN3O3S2/c1-9(14(20)18-15-17-10(2)11(3)23-15)8-24(21,22)19-13-6-4-5-12(16)7-13/h4-7,9,19H,8H2,1-3H3,(H,17,18,20). The van der Waals surface area contributed by atoms with Crippen LogP contribution in [0.1, 0.15) is 17.5 Å². The van der Waals surface area contributed by atoms with Crippen molar-refractivity contribution in [3.63, 3.8) is 0 Å². The largest absolute Gasteiger partial charge is 0.302 e. The van der Waals surface area contributed by atoms with E-state index in [1.165, 1.54) is 36.5 Å². The van der Waals surface area contributed by atoms with Gasteiger partial charge in [0.05, 0.1) is 23.1 Å². The fourth-order valence-electron chi connectivity index (χ4n) is 1.93. The van der Waals surface area contributed by atoms with Gasteiger partial charge in [0, 0.05) is 4.88 Å². The van der Waals surface area contributed by atoms with Crippen molar-refractivity contribution >= 4 is 38.1 Å². The zero-order valence-corrected chi connectivity index (χ0v) is 15.1. The third-order valence-electron chi connectivity index (χ3n) is 3.27. The average molecular weight is 371 g/mol. The summed E-state index contributed by atoms with van der Waals surface area (Å²) in [6, 6.07) is 5.12. The fourth-order valence-corrected chi connectivity index (χ4v) is 4.13. The van der Waals surface area contributed by atoms with E-state index < -0.39 is 33.4 Å². The normalized spacial score (nSPS) is 12.7. The molecule has 1 amide bonds. The number of carbonyl (C=O) groups is 1. The summed E-state index contributed by atoms with van der Waals surface area (Å²) in [5.74, 6) is -2.19. The predicted molar refractivity (Wildman–Crippen MR) is 93.2 cm³/mol. The predicted octanol–water partition coefficient (Wildman–Crippen LogP) is 2.92. The van der Waals surface area contributed by atoms with Gasteiger partial charge in [-0.1, -0.05) is 13.0 Å². The lowest BCUT2D eigenvalue weighted by Crippen LogP contribution is -2.29. The maximum atomic E-state index is 13.1. The number of thiazole rings is 1. The first-order chi connectivity index (χ1) is 11.2.